The van der Waals surface area contributed by atoms with Gasteiger partial charge in [-0.05, 0) is 42.8 Å². The van der Waals surface area contributed by atoms with Crippen molar-refractivity contribution in [1.82, 2.24) is 0 Å². The lowest BCUT2D eigenvalue weighted by molar-refractivity contribution is 0.894. The first-order chi connectivity index (χ1) is 7.27. The number of unbranched alkanes of at least 4 members (excludes halogenated alkanes) is 1. The van der Waals surface area contributed by atoms with Crippen LogP contribution >= 0.6 is 27.7 Å². The maximum atomic E-state index is 5.60. The third kappa shape index (κ3) is 4.58. The fourth-order valence-electron chi connectivity index (χ4n) is 1.35. The van der Waals surface area contributed by atoms with Crippen LogP contribution in [0, 0.1) is 0 Å². The van der Waals surface area contributed by atoms with Crippen LogP contribution in [0.5, 0.6) is 0 Å². The highest BCUT2D eigenvalue weighted by molar-refractivity contribution is 9.10. The van der Waals surface area contributed by atoms with Crippen LogP contribution < -0.4 is 5.73 Å². The average Bonchev–Trinajstić information content (AvgIpc) is 2.22. The van der Waals surface area contributed by atoms with Gasteiger partial charge in [0, 0.05) is 9.37 Å². The molecule has 0 saturated carbocycles. The van der Waals surface area contributed by atoms with E-state index in [0.29, 0.717) is 0 Å². The molecule has 0 spiro atoms. The van der Waals surface area contributed by atoms with Crippen molar-refractivity contribution < 1.29 is 0 Å². The quantitative estimate of drug-likeness (QED) is 0.635. The number of rotatable bonds is 6. The van der Waals surface area contributed by atoms with Crippen LogP contribution in [-0.4, -0.2) is 12.3 Å². The number of hydrogen-bond donors (Lipinski definition) is 1. The van der Waals surface area contributed by atoms with Crippen LogP contribution in [0.2, 0.25) is 0 Å². The van der Waals surface area contributed by atoms with Gasteiger partial charge >= 0.3 is 0 Å². The van der Waals surface area contributed by atoms with Gasteiger partial charge in [-0.2, -0.15) is 0 Å². The van der Waals surface area contributed by atoms with Crippen molar-refractivity contribution in [3.8, 4) is 0 Å². The maximum Gasteiger partial charge on any atom is 0.0186 e. The summed E-state index contributed by atoms with van der Waals surface area (Å²) in [6, 6.07) is 6.46. The Morgan fingerprint density at radius 3 is 2.87 bits per heavy atom. The van der Waals surface area contributed by atoms with E-state index in [2.05, 4.69) is 41.1 Å². The Labute approximate surface area is 105 Å². The molecule has 0 radical (unpaired) electrons. The van der Waals surface area contributed by atoms with Crippen molar-refractivity contribution in [3.63, 3.8) is 0 Å². The zero-order valence-corrected chi connectivity index (χ0v) is 11.5. The second-order valence-electron chi connectivity index (χ2n) is 3.49. The van der Waals surface area contributed by atoms with Gasteiger partial charge in [0.1, 0.15) is 0 Å². The van der Waals surface area contributed by atoms with Crippen LogP contribution in [0.3, 0.4) is 0 Å². The average molecular weight is 288 g/mol. The minimum Gasteiger partial charge on any atom is -0.330 e. The molecule has 0 unspecified atom stereocenters. The van der Waals surface area contributed by atoms with E-state index in [4.69, 9.17) is 5.73 Å². The predicted octanol–water partition coefficient (Wildman–Crippen LogP) is 3.84. The lowest BCUT2D eigenvalue weighted by Gasteiger charge is -2.08. The second kappa shape index (κ2) is 7.31. The molecule has 2 N–H and O–H groups in total. The van der Waals surface area contributed by atoms with E-state index in [1.54, 1.807) is 0 Å². The molecule has 0 saturated heterocycles. The Kier molecular flexibility index (Phi) is 6.37. The first kappa shape index (κ1) is 13.1. The minimum absolute atomic E-state index is 0.725. The molecule has 1 aromatic rings. The van der Waals surface area contributed by atoms with Crippen LogP contribution in [-0.2, 0) is 6.42 Å². The Hall–Kier alpha value is 0.01000. The van der Waals surface area contributed by atoms with Gasteiger partial charge in [-0.3, -0.25) is 0 Å². The summed E-state index contributed by atoms with van der Waals surface area (Å²) in [5.41, 5.74) is 6.98. The van der Waals surface area contributed by atoms with Gasteiger partial charge in [-0.15, -0.1) is 11.8 Å². The summed E-state index contributed by atoms with van der Waals surface area (Å²) in [6.45, 7) is 2.95. The normalized spacial score (nSPS) is 10.6. The van der Waals surface area contributed by atoms with Crippen molar-refractivity contribution in [2.75, 3.05) is 12.3 Å². The van der Waals surface area contributed by atoms with E-state index in [9.17, 15) is 0 Å². The zero-order valence-electron chi connectivity index (χ0n) is 9.13. The molecule has 15 heavy (non-hydrogen) atoms. The molecule has 0 aliphatic carbocycles. The number of thioether (sulfide) groups is 1. The molecular weight excluding hydrogens is 270 g/mol. The molecule has 0 aliphatic heterocycles. The summed E-state index contributed by atoms with van der Waals surface area (Å²) in [6.07, 6.45) is 3.51. The highest BCUT2D eigenvalue weighted by Gasteiger charge is 2.03. The fourth-order valence-corrected chi connectivity index (χ4v) is 3.08. The largest absolute Gasteiger partial charge is 0.330 e. The van der Waals surface area contributed by atoms with Crippen LogP contribution in [0.15, 0.2) is 27.6 Å². The third-order valence-corrected chi connectivity index (χ3v) is 3.88. The van der Waals surface area contributed by atoms with Crippen molar-refractivity contribution in [2.45, 2.75) is 31.1 Å². The summed E-state index contributed by atoms with van der Waals surface area (Å²) in [4.78, 5) is 1.38. The SMILES string of the molecule is CCCCSc1cc(Br)ccc1CCN. The molecule has 0 amide bonds. The molecule has 1 nitrogen and oxygen atoms in total. The van der Waals surface area contributed by atoms with Crippen molar-refractivity contribution in [3.05, 3.63) is 28.2 Å². The Bertz CT molecular complexity index is 302. The molecule has 1 aromatic carbocycles. The summed E-state index contributed by atoms with van der Waals surface area (Å²) < 4.78 is 1.15. The highest BCUT2D eigenvalue weighted by Crippen LogP contribution is 2.27. The standard InChI is InChI=1S/C12H18BrNS/c1-2-3-8-15-12-9-11(13)5-4-10(12)6-7-14/h4-5,9H,2-3,6-8,14H2,1H3. The number of nitrogens with two attached hydrogens (primary N) is 1. The van der Waals surface area contributed by atoms with Crippen LogP contribution in [0.25, 0.3) is 0 Å². The van der Waals surface area contributed by atoms with E-state index in [1.165, 1.54) is 29.1 Å². The van der Waals surface area contributed by atoms with Gasteiger partial charge in [0.05, 0.1) is 0 Å². The molecule has 0 fully saturated rings. The molecule has 3 heteroatoms. The number of halogens is 1. The zero-order chi connectivity index (χ0) is 11.1. The molecule has 0 aromatic heterocycles. The van der Waals surface area contributed by atoms with Crippen molar-refractivity contribution >= 4 is 27.7 Å². The lowest BCUT2D eigenvalue weighted by Crippen LogP contribution is -2.03. The monoisotopic (exact) mass is 287 g/mol. The Balaban J connectivity index is 2.68. The van der Waals surface area contributed by atoms with Crippen LogP contribution in [0.1, 0.15) is 25.3 Å². The second-order valence-corrected chi connectivity index (χ2v) is 5.55. The summed E-state index contributed by atoms with van der Waals surface area (Å²) in [5.74, 6) is 1.20. The molecule has 0 aliphatic rings. The van der Waals surface area contributed by atoms with E-state index >= 15 is 0 Å². The Morgan fingerprint density at radius 2 is 2.20 bits per heavy atom. The summed E-state index contributed by atoms with van der Waals surface area (Å²) in [7, 11) is 0. The van der Waals surface area contributed by atoms with Crippen molar-refractivity contribution in [1.29, 1.82) is 0 Å². The molecule has 0 atom stereocenters. The third-order valence-electron chi connectivity index (χ3n) is 2.20. The topological polar surface area (TPSA) is 26.0 Å². The maximum absolute atomic E-state index is 5.60. The molecular formula is C12H18BrNS. The predicted molar refractivity (Wildman–Crippen MR) is 72.5 cm³/mol. The van der Waals surface area contributed by atoms with Gasteiger partial charge in [0.15, 0.2) is 0 Å². The fraction of sp³-hybridized carbons (Fsp3) is 0.500. The molecule has 0 bridgehead atoms. The molecule has 1 rings (SSSR count). The van der Waals surface area contributed by atoms with Gasteiger partial charge < -0.3 is 5.73 Å². The first-order valence-electron chi connectivity index (χ1n) is 5.39. The van der Waals surface area contributed by atoms with Gasteiger partial charge in [0.25, 0.3) is 0 Å². The van der Waals surface area contributed by atoms with Gasteiger partial charge in [0.2, 0.25) is 0 Å². The van der Waals surface area contributed by atoms with Crippen molar-refractivity contribution in [2.24, 2.45) is 5.73 Å². The molecule has 0 heterocycles. The minimum atomic E-state index is 0.725. The smallest absolute Gasteiger partial charge is 0.0186 e. The van der Waals surface area contributed by atoms with E-state index in [0.717, 1.165) is 17.4 Å². The van der Waals surface area contributed by atoms with E-state index in [-0.39, 0.29) is 0 Å². The van der Waals surface area contributed by atoms with Gasteiger partial charge in [-0.1, -0.05) is 35.3 Å². The number of benzene rings is 1. The van der Waals surface area contributed by atoms with E-state index in [1.807, 2.05) is 11.8 Å². The van der Waals surface area contributed by atoms with E-state index < -0.39 is 0 Å². The van der Waals surface area contributed by atoms with Crippen LogP contribution in [0.4, 0.5) is 0 Å². The summed E-state index contributed by atoms with van der Waals surface area (Å²) >= 11 is 5.45. The first-order valence-corrected chi connectivity index (χ1v) is 7.17. The van der Waals surface area contributed by atoms with Gasteiger partial charge in [-0.25, -0.2) is 0 Å². The number of hydrogen-bond acceptors (Lipinski definition) is 2. The summed E-state index contributed by atoms with van der Waals surface area (Å²) in [5, 5.41) is 0. The molecule has 84 valence electrons. The lowest BCUT2D eigenvalue weighted by atomic mass is 10.1. The Morgan fingerprint density at radius 1 is 1.40 bits per heavy atom. The highest BCUT2D eigenvalue weighted by atomic mass is 79.9.